The Kier molecular flexibility index (Phi) is 5.63. The fourth-order valence-electron chi connectivity index (χ4n) is 3.61. The fraction of sp³-hybridized carbons (Fsp3) is 0.174. The van der Waals surface area contributed by atoms with Crippen molar-refractivity contribution in [3.05, 3.63) is 89.7 Å². The summed E-state index contributed by atoms with van der Waals surface area (Å²) in [6.07, 6.45) is 4.36. The van der Waals surface area contributed by atoms with Crippen molar-refractivity contribution < 1.29 is 9.59 Å². The maximum Gasteiger partial charge on any atom is 0.255 e. The lowest BCUT2D eigenvalue weighted by molar-refractivity contribution is 0.102. The van der Waals surface area contributed by atoms with E-state index < -0.39 is 0 Å². The van der Waals surface area contributed by atoms with Gasteiger partial charge in [0.2, 0.25) is 0 Å². The van der Waals surface area contributed by atoms with Crippen LogP contribution >= 0.6 is 0 Å². The number of hydrogen-bond donors (Lipinski definition) is 2. The minimum atomic E-state index is -0.239. The molecule has 1 aromatic heterocycles. The van der Waals surface area contributed by atoms with E-state index >= 15 is 0 Å². The van der Waals surface area contributed by atoms with Crippen LogP contribution in [0.5, 0.6) is 0 Å². The average molecular weight is 386 g/mol. The molecule has 0 bridgehead atoms. The minimum Gasteiger partial charge on any atom is -0.362 e. The van der Waals surface area contributed by atoms with Crippen molar-refractivity contribution >= 4 is 23.6 Å². The summed E-state index contributed by atoms with van der Waals surface area (Å²) in [5, 5.41) is 6.26. The predicted octanol–water partition coefficient (Wildman–Crippen LogP) is 3.30. The number of piperazine rings is 1. The number of carbonyl (C=O) groups is 2. The maximum atomic E-state index is 12.6. The van der Waals surface area contributed by atoms with Crippen molar-refractivity contribution in [1.29, 1.82) is 0 Å². The molecule has 1 saturated heterocycles. The third-order valence-corrected chi connectivity index (χ3v) is 5.13. The zero-order valence-electron chi connectivity index (χ0n) is 15.9. The van der Waals surface area contributed by atoms with Crippen molar-refractivity contribution in [2.24, 2.45) is 0 Å². The van der Waals surface area contributed by atoms with Crippen molar-refractivity contribution in [3.8, 4) is 0 Å². The first kappa shape index (κ1) is 18.8. The smallest absolute Gasteiger partial charge is 0.255 e. The number of nitrogens with one attached hydrogen (secondary N) is 2. The highest BCUT2D eigenvalue weighted by molar-refractivity contribution is 6.06. The van der Waals surface area contributed by atoms with E-state index in [9.17, 15) is 9.59 Å². The Morgan fingerprint density at radius 1 is 1.07 bits per heavy atom. The molecule has 6 nitrogen and oxygen atoms in total. The summed E-state index contributed by atoms with van der Waals surface area (Å²) in [6.45, 7) is 2.65. The van der Waals surface area contributed by atoms with Crippen molar-refractivity contribution in [1.82, 2.24) is 10.3 Å². The molecule has 1 unspecified atom stereocenters. The Bertz CT molecular complexity index is 989. The van der Waals surface area contributed by atoms with Crippen LogP contribution in [0.1, 0.15) is 32.3 Å². The minimum absolute atomic E-state index is 0.214. The number of carbonyl (C=O) groups excluding carboxylic acids is 2. The summed E-state index contributed by atoms with van der Waals surface area (Å²) in [6, 6.07) is 18.8. The second-order valence-corrected chi connectivity index (χ2v) is 6.90. The first-order chi connectivity index (χ1) is 14.3. The quantitative estimate of drug-likeness (QED) is 0.658. The number of amides is 1. The number of rotatable bonds is 5. The summed E-state index contributed by atoms with van der Waals surface area (Å²) < 4.78 is 0. The maximum absolute atomic E-state index is 12.6. The summed E-state index contributed by atoms with van der Waals surface area (Å²) >= 11 is 0. The van der Waals surface area contributed by atoms with Gasteiger partial charge in [0, 0.05) is 48.8 Å². The van der Waals surface area contributed by atoms with Crippen LogP contribution in [0.3, 0.4) is 0 Å². The SMILES string of the molecule is O=Cc1ccccc1NC(=O)c1ccc(N2CCNCC2c2ccncc2)cc1. The molecule has 1 aliphatic heterocycles. The second-order valence-electron chi connectivity index (χ2n) is 6.90. The molecule has 29 heavy (non-hydrogen) atoms. The van der Waals surface area contributed by atoms with Gasteiger partial charge >= 0.3 is 0 Å². The van der Waals surface area contributed by atoms with Gasteiger partial charge in [0.25, 0.3) is 5.91 Å². The predicted molar refractivity (Wildman–Crippen MR) is 113 cm³/mol. The van der Waals surface area contributed by atoms with E-state index in [1.165, 1.54) is 5.56 Å². The fourth-order valence-corrected chi connectivity index (χ4v) is 3.61. The number of hydrogen-bond acceptors (Lipinski definition) is 5. The van der Waals surface area contributed by atoms with Crippen LogP contribution in [-0.4, -0.2) is 36.8 Å². The van der Waals surface area contributed by atoms with E-state index in [0.717, 1.165) is 31.6 Å². The number of para-hydroxylation sites is 1. The van der Waals surface area contributed by atoms with Gasteiger partial charge < -0.3 is 15.5 Å². The van der Waals surface area contributed by atoms with Crippen LogP contribution in [-0.2, 0) is 0 Å². The highest BCUT2D eigenvalue weighted by Gasteiger charge is 2.24. The Labute approximate surface area is 169 Å². The normalized spacial score (nSPS) is 16.3. The van der Waals surface area contributed by atoms with Crippen LogP contribution in [0, 0.1) is 0 Å². The van der Waals surface area contributed by atoms with Crippen molar-refractivity contribution in [3.63, 3.8) is 0 Å². The number of aldehydes is 1. The zero-order valence-corrected chi connectivity index (χ0v) is 15.9. The highest BCUT2D eigenvalue weighted by Crippen LogP contribution is 2.28. The highest BCUT2D eigenvalue weighted by atomic mass is 16.1. The van der Waals surface area contributed by atoms with E-state index in [4.69, 9.17) is 0 Å². The third-order valence-electron chi connectivity index (χ3n) is 5.13. The van der Waals surface area contributed by atoms with Crippen molar-refractivity contribution in [2.45, 2.75) is 6.04 Å². The number of benzene rings is 2. The lowest BCUT2D eigenvalue weighted by atomic mass is 10.0. The number of pyridine rings is 1. The molecule has 1 amide bonds. The first-order valence-corrected chi connectivity index (χ1v) is 9.59. The molecule has 2 N–H and O–H groups in total. The Hall–Kier alpha value is -3.51. The molecule has 1 fully saturated rings. The number of aromatic nitrogens is 1. The summed E-state index contributed by atoms with van der Waals surface area (Å²) in [4.78, 5) is 30.2. The van der Waals surface area contributed by atoms with E-state index in [1.807, 2.05) is 48.8 Å². The molecule has 0 saturated carbocycles. The largest absolute Gasteiger partial charge is 0.362 e. The van der Waals surface area contributed by atoms with Crippen molar-refractivity contribution in [2.75, 3.05) is 29.9 Å². The van der Waals surface area contributed by atoms with Crippen LogP contribution in [0.4, 0.5) is 11.4 Å². The molecule has 0 radical (unpaired) electrons. The zero-order chi connectivity index (χ0) is 20.1. The molecule has 0 aliphatic carbocycles. The number of anilines is 2. The molecule has 2 heterocycles. The molecule has 1 atom stereocenters. The molecule has 2 aromatic carbocycles. The lowest BCUT2D eigenvalue weighted by Crippen LogP contribution is -2.46. The molecule has 0 spiro atoms. The van der Waals surface area contributed by atoms with Gasteiger partial charge in [-0.05, 0) is 54.1 Å². The van der Waals surface area contributed by atoms with Gasteiger partial charge in [0.05, 0.1) is 11.7 Å². The standard InChI is InChI=1S/C23H22N4O2/c28-16-19-3-1-2-4-21(19)26-23(29)18-5-7-20(8-6-18)27-14-13-25-15-22(27)17-9-11-24-12-10-17/h1-12,16,22,25H,13-15H2,(H,26,29). The van der Waals surface area contributed by atoms with Gasteiger partial charge in [-0.2, -0.15) is 0 Å². The summed E-state index contributed by atoms with van der Waals surface area (Å²) in [5.74, 6) is -0.239. The molecule has 146 valence electrons. The van der Waals surface area contributed by atoms with E-state index in [0.29, 0.717) is 16.8 Å². The monoisotopic (exact) mass is 386 g/mol. The van der Waals surface area contributed by atoms with Crippen LogP contribution in [0.2, 0.25) is 0 Å². The lowest BCUT2D eigenvalue weighted by Gasteiger charge is -2.38. The second kappa shape index (κ2) is 8.67. The van der Waals surface area contributed by atoms with E-state index in [2.05, 4.69) is 20.5 Å². The summed E-state index contributed by atoms with van der Waals surface area (Å²) in [7, 11) is 0. The molecule has 1 aliphatic rings. The number of nitrogens with zero attached hydrogens (tertiary/aromatic N) is 2. The Morgan fingerprint density at radius 3 is 2.59 bits per heavy atom. The van der Waals surface area contributed by atoms with Gasteiger partial charge in [-0.15, -0.1) is 0 Å². The first-order valence-electron chi connectivity index (χ1n) is 9.59. The molecule has 3 aromatic rings. The Morgan fingerprint density at radius 2 is 1.83 bits per heavy atom. The van der Waals surface area contributed by atoms with Crippen LogP contribution in [0.15, 0.2) is 73.1 Å². The molecule has 4 rings (SSSR count). The molecular weight excluding hydrogens is 364 g/mol. The van der Waals surface area contributed by atoms with E-state index in [1.54, 1.807) is 24.3 Å². The third kappa shape index (κ3) is 4.17. The van der Waals surface area contributed by atoms with Crippen LogP contribution in [0.25, 0.3) is 0 Å². The average Bonchev–Trinajstić information content (AvgIpc) is 2.80. The molecular formula is C23H22N4O2. The summed E-state index contributed by atoms with van der Waals surface area (Å²) in [5.41, 5.74) is 3.79. The van der Waals surface area contributed by atoms with E-state index in [-0.39, 0.29) is 11.9 Å². The Balaban J connectivity index is 1.52. The van der Waals surface area contributed by atoms with Gasteiger partial charge in [-0.3, -0.25) is 14.6 Å². The van der Waals surface area contributed by atoms with Gasteiger partial charge in [0.15, 0.2) is 6.29 Å². The van der Waals surface area contributed by atoms with Gasteiger partial charge in [-0.1, -0.05) is 12.1 Å². The van der Waals surface area contributed by atoms with Crippen LogP contribution < -0.4 is 15.5 Å². The molecule has 6 heteroatoms. The van der Waals surface area contributed by atoms with Gasteiger partial charge in [-0.25, -0.2) is 0 Å². The van der Waals surface area contributed by atoms with Gasteiger partial charge in [0.1, 0.15) is 0 Å². The topological polar surface area (TPSA) is 74.3 Å².